The van der Waals surface area contributed by atoms with E-state index in [9.17, 15) is 0 Å². The number of hydrogen-bond donors (Lipinski definition) is 1. The molecule has 20 heavy (non-hydrogen) atoms. The number of nitrogens with two attached hydrogens (primary N) is 1. The monoisotopic (exact) mass is 271 g/mol. The topological polar surface area (TPSA) is 35.2 Å². The number of para-hydroxylation sites is 1. The molecule has 0 amide bonds. The van der Waals surface area contributed by atoms with Gasteiger partial charge in [0.25, 0.3) is 0 Å². The first-order valence-electron chi connectivity index (χ1n) is 8.28. The summed E-state index contributed by atoms with van der Waals surface area (Å²) in [5.74, 6) is 4.42. The number of ether oxygens (including phenoxy) is 1. The molecule has 2 heteroatoms. The molecule has 5 unspecified atom stereocenters. The lowest BCUT2D eigenvalue weighted by Crippen LogP contribution is -2.35. The molecule has 3 aliphatic rings. The highest BCUT2D eigenvalue weighted by Gasteiger charge is 2.42. The maximum absolute atomic E-state index is 6.61. The van der Waals surface area contributed by atoms with Crippen molar-refractivity contribution in [2.45, 2.75) is 50.5 Å². The van der Waals surface area contributed by atoms with Gasteiger partial charge in [-0.15, -0.1) is 0 Å². The van der Waals surface area contributed by atoms with E-state index < -0.39 is 0 Å². The van der Waals surface area contributed by atoms with E-state index in [0.717, 1.165) is 43.0 Å². The number of fused-ring (bicyclic) bond motifs is 3. The van der Waals surface area contributed by atoms with Gasteiger partial charge in [-0.3, -0.25) is 0 Å². The van der Waals surface area contributed by atoms with Crippen molar-refractivity contribution in [3.8, 4) is 5.75 Å². The highest BCUT2D eigenvalue weighted by atomic mass is 16.5. The van der Waals surface area contributed by atoms with Crippen LogP contribution in [0.3, 0.4) is 0 Å². The van der Waals surface area contributed by atoms with Crippen molar-refractivity contribution in [1.29, 1.82) is 0 Å². The van der Waals surface area contributed by atoms with E-state index in [1.807, 2.05) is 0 Å². The molecule has 1 aromatic carbocycles. The van der Waals surface area contributed by atoms with Gasteiger partial charge in [0, 0.05) is 6.04 Å². The Morgan fingerprint density at radius 2 is 2.05 bits per heavy atom. The van der Waals surface area contributed by atoms with Crippen LogP contribution in [0.15, 0.2) is 24.3 Å². The van der Waals surface area contributed by atoms with Crippen LogP contribution in [0.25, 0.3) is 0 Å². The predicted molar refractivity (Wildman–Crippen MR) is 80.8 cm³/mol. The Bertz CT molecular complexity index is 486. The molecule has 5 atom stereocenters. The van der Waals surface area contributed by atoms with Crippen molar-refractivity contribution in [3.63, 3.8) is 0 Å². The van der Waals surface area contributed by atoms with Crippen LogP contribution in [0.1, 0.15) is 50.0 Å². The minimum Gasteiger partial charge on any atom is -0.493 e. The third-order valence-electron chi connectivity index (χ3n) is 5.98. The molecule has 2 fully saturated rings. The second-order valence-corrected chi connectivity index (χ2v) is 7.11. The minimum atomic E-state index is 0.390. The standard InChI is InChI=1S/C18H25NO/c19-17(16-10-12-5-6-13(16)9-12)11-14-7-8-20-18-4-2-1-3-15(14)18/h1-4,12-14,16-17H,5-11,19H2. The van der Waals surface area contributed by atoms with Gasteiger partial charge in [0.1, 0.15) is 5.75 Å². The van der Waals surface area contributed by atoms with Crippen LogP contribution in [0.4, 0.5) is 0 Å². The van der Waals surface area contributed by atoms with Gasteiger partial charge in [-0.05, 0) is 67.4 Å². The first kappa shape index (κ1) is 12.7. The molecule has 2 saturated carbocycles. The molecule has 2 bridgehead atoms. The van der Waals surface area contributed by atoms with Gasteiger partial charge >= 0.3 is 0 Å². The molecule has 0 saturated heterocycles. The Kier molecular flexibility index (Phi) is 3.22. The molecular formula is C18H25NO. The fraction of sp³-hybridized carbons (Fsp3) is 0.667. The van der Waals surface area contributed by atoms with Gasteiger partial charge in [0.05, 0.1) is 6.61 Å². The Morgan fingerprint density at radius 3 is 2.85 bits per heavy atom. The van der Waals surface area contributed by atoms with Gasteiger partial charge in [0.15, 0.2) is 0 Å². The van der Waals surface area contributed by atoms with Crippen LogP contribution in [-0.2, 0) is 0 Å². The average molecular weight is 271 g/mol. The molecular weight excluding hydrogens is 246 g/mol. The SMILES string of the molecule is NC(CC1CCOc2ccccc21)C1CC2CCC1C2. The number of rotatable bonds is 3. The van der Waals surface area contributed by atoms with E-state index >= 15 is 0 Å². The van der Waals surface area contributed by atoms with Gasteiger partial charge in [-0.25, -0.2) is 0 Å². The molecule has 1 heterocycles. The third kappa shape index (κ3) is 2.14. The summed E-state index contributed by atoms with van der Waals surface area (Å²) in [5.41, 5.74) is 8.00. The first-order chi connectivity index (χ1) is 9.81. The number of hydrogen-bond acceptors (Lipinski definition) is 2. The van der Waals surface area contributed by atoms with Crippen molar-refractivity contribution in [3.05, 3.63) is 29.8 Å². The molecule has 0 radical (unpaired) electrons. The second kappa shape index (κ2) is 5.07. The van der Waals surface area contributed by atoms with Gasteiger partial charge in [-0.1, -0.05) is 24.6 Å². The zero-order valence-corrected chi connectivity index (χ0v) is 12.1. The zero-order valence-electron chi connectivity index (χ0n) is 12.1. The summed E-state index contributed by atoms with van der Waals surface area (Å²) in [4.78, 5) is 0. The van der Waals surface area contributed by atoms with Gasteiger partial charge < -0.3 is 10.5 Å². The summed E-state index contributed by atoms with van der Waals surface area (Å²) in [6.45, 7) is 0.852. The van der Waals surface area contributed by atoms with Crippen molar-refractivity contribution < 1.29 is 4.74 Å². The Balaban J connectivity index is 1.47. The minimum absolute atomic E-state index is 0.390. The quantitative estimate of drug-likeness (QED) is 0.909. The fourth-order valence-corrected chi connectivity index (χ4v) is 4.98. The summed E-state index contributed by atoms with van der Waals surface area (Å²) in [6.07, 6.45) is 8.04. The molecule has 1 aliphatic heterocycles. The summed E-state index contributed by atoms with van der Waals surface area (Å²) in [5, 5.41) is 0. The lowest BCUT2D eigenvalue weighted by atomic mass is 9.78. The summed E-state index contributed by atoms with van der Waals surface area (Å²) >= 11 is 0. The molecule has 1 aromatic rings. The molecule has 0 spiro atoms. The van der Waals surface area contributed by atoms with Crippen LogP contribution < -0.4 is 10.5 Å². The van der Waals surface area contributed by atoms with Crippen molar-refractivity contribution in [1.82, 2.24) is 0 Å². The maximum Gasteiger partial charge on any atom is 0.122 e. The lowest BCUT2D eigenvalue weighted by molar-refractivity contribution is 0.228. The van der Waals surface area contributed by atoms with Crippen LogP contribution in [-0.4, -0.2) is 12.6 Å². The van der Waals surface area contributed by atoms with E-state index in [-0.39, 0.29) is 0 Å². The van der Waals surface area contributed by atoms with E-state index in [4.69, 9.17) is 10.5 Å². The highest BCUT2D eigenvalue weighted by molar-refractivity contribution is 5.37. The van der Waals surface area contributed by atoms with E-state index in [1.54, 1.807) is 0 Å². The van der Waals surface area contributed by atoms with Crippen LogP contribution in [0.5, 0.6) is 5.75 Å². The van der Waals surface area contributed by atoms with Crippen LogP contribution in [0.2, 0.25) is 0 Å². The van der Waals surface area contributed by atoms with Gasteiger partial charge in [-0.2, -0.15) is 0 Å². The molecule has 2 N–H and O–H groups in total. The zero-order chi connectivity index (χ0) is 13.5. The molecule has 2 aliphatic carbocycles. The highest BCUT2D eigenvalue weighted by Crippen LogP contribution is 2.50. The Morgan fingerprint density at radius 1 is 1.15 bits per heavy atom. The first-order valence-corrected chi connectivity index (χ1v) is 8.28. The van der Waals surface area contributed by atoms with Crippen molar-refractivity contribution >= 4 is 0 Å². The smallest absolute Gasteiger partial charge is 0.122 e. The maximum atomic E-state index is 6.61. The van der Waals surface area contributed by atoms with E-state index in [1.165, 1.54) is 31.2 Å². The molecule has 108 valence electrons. The molecule has 4 rings (SSSR count). The summed E-state index contributed by atoms with van der Waals surface area (Å²) < 4.78 is 5.77. The van der Waals surface area contributed by atoms with E-state index in [0.29, 0.717) is 12.0 Å². The van der Waals surface area contributed by atoms with Crippen molar-refractivity contribution in [2.75, 3.05) is 6.61 Å². The summed E-state index contributed by atoms with van der Waals surface area (Å²) in [7, 11) is 0. The van der Waals surface area contributed by atoms with Crippen molar-refractivity contribution in [2.24, 2.45) is 23.5 Å². The van der Waals surface area contributed by atoms with Crippen LogP contribution >= 0.6 is 0 Å². The second-order valence-electron chi connectivity index (χ2n) is 7.11. The Hall–Kier alpha value is -1.02. The predicted octanol–water partition coefficient (Wildman–Crippen LogP) is 3.71. The normalized spacial score (nSPS) is 36.5. The van der Waals surface area contributed by atoms with Gasteiger partial charge in [0.2, 0.25) is 0 Å². The average Bonchev–Trinajstić information content (AvgIpc) is 3.10. The lowest BCUT2D eigenvalue weighted by Gasteiger charge is -2.33. The largest absolute Gasteiger partial charge is 0.493 e. The number of benzene rings is 1. The third-order valence-corrected chi connectivity index (χ3v) is 5.98. The molecule has 2 nitrogen and oxygen atoms in total. The Labute approximate surface area is 121 Å². The van der Waals surface area contributed by atoms with E-state index in [2.05, 4.69) is 24.3 Å². The van der Waals surface area contributed by atoms with Crippen LogP contribution in [0, 0.1) is 17.8 Å². The fourth-order valence-electron chi connectivity index (χ4n) is 4.98. The molecule has 0 aromatic heterocycles. The summed E-state index contributed by atoms with van der Waals surface area (Å²) in [6, 6.07) is 8.92.